The Hall–Kier alpha value is -3.91. The van der Waals surface area contributed by atoms with Gasteiger partial charge in [-0.2, -0.15) is 0 Å². The van der Waals surface area contributed by atoms with Gasteiger partial charge in [-0.3, -0.25) is 14.4 Å². The van der Waals surface area contributed by atoms with Crippen LogP contribution in [0, 0.1) is 18.8 Å². The zero-order valence-electron chi connectivity index (χ0n) is 22.5. The molecule has 0 bridgehead atoms. The average Bonchev–Trinajstić information content (AvgIpc) is 3.62. The van der Waals surface area contributed by atoms with Crippen molar-refractivity contribution in [2.45, 2.75) is 70.3 Å². The summed E-state index contributed by atoms with van der Waals surface area (Å²) in [7, 11) is 1.85. The molecule has 3 heterocycles. The number of carbonyl (C=O) groups excluding carboxylic acids is 1. The molecule has 40 heavy (non-hydrogen) atoms. The number of H-pyrrole nitrogens is 1. The first kappa shape index (κ1) is 26.3. The predicted molar refractivity (Wildman–Crippen MR) is 153 cm³/mol. The Bertz CT molecular complexity index is 1720. The summed E-state index contributed by atoms with van der Waals surface area (Å²) < 4.78 is 14.3. The molecule has 206 valence electrons. The van der Waals surface area contributed by atoms with Crippen molar-refractivity contribution in [3.63, 3.8) is 0 Å². The summed E-state index contributed by atoms with van der Waals surface area (Å²) in [5.74, 6) is 6.43. The van der Waals surface area contributed by atoms with Gasteiger partial charge in [0.15, 0.2) is 5.52 Å². The van der Waals surface area contributed by atoms with Crippen LogP contribution >= 0.6 is 15.9 Å². The molecule has 2 aliphatic carbocycles. The Morgan fingerprint density at radius 1 is 1.18 bits per heavy atom. The second-order valence-electron chi connectivity index (χ2n) is 10.5. The van der Waals surface area contributed by atoms with E-state index in [-0.39, 0.29) is 17.9 Å². The zero-order valence-corrected chi connectivity index (χ0v) is 24.1. The lowest BCUT2D eigenvalue weighted by Gasteiger charge is -2.26. The van der Waals surface area contributed by atoms with E-state index in [4.69, 9.17) is 14.1 Å². The van der Waals surface area contributed by atoms with Gasteiger partial charge in [-0.25, -0.2) is 14.9 Å². The van der Waals surface area contributed by atoms with Crippen LogP contribution in [0.3, 0.4) is 0 Å². The van der Waals surface area contributed by atoms with E-state index in [9.17, 15) is 9.59 Å². The highest BCUT2D eigenvalue weighted by Crippen LogP contribution is 2.47. The first-order valence-electron chi connectivity index (χ1n) is 13.4. The number of aromatic amines is 1. The highest BCUT2D eigenvalue weighted by molar-refractivity contribution is 9.10. The molecular formula is C29H29BrN6O4. The van der Waals surface area contributed by atoms with E-state index in [2.05, 4.69) is 49.1 Å². The lowest BCUT2D eigenvalue weighted by molar-refractivity contribution is -0.112. The molecule has 0 radical (unpaired) electrons. The van der Waals surface area contributed by atoms with Gasteiger partial charge < -0.3 is 9.15 Å². The highest BCUT2D eigenvalue weighted by Gasteiger charge is 2.32. The van der Waals surface area contributed by atoms with Crippen LogP contribution in [-0.4, -0.2) is 37.0 Å². The maximum absolute atomic E-state index is 13.4. The topological polar surface area (TPSA) is 119 Å². The molecule has 0 unspecified atom stereocenters. The summed E-state index contributed by atoms with van der Waals surface area (Å²) in [5.41, 5.74) is 4.33. The molecule has 4 aromatic rings. The third kappa shape index (κ3) is 5.04. The SMILES string of the molecule is CC#CC(=O)N(c1ccc2c(n1)c(OC1CCC(c3n[nH]c(=O)o3)CC1)nn2C)c1cc(C)c(Br)cc1C1CC1. The highest BCUT2D eigenvalue weighted by atomic mass is 79.9. The number of hydrogen-bond donors (Lipinski definition) is 1. The number of ether oxygens (including phenoxy) is 1. The second-order valence-corrected chi connectivity index (χ2v) is 11.3. The van der Waals surface area contributed by atoms with Gasteiger partial charge in [-0.05, 0) is 99.6 Å². The largest absolute Gasteiger partial charge is 0.472 e. The fourth-order valence-corrected chi connectivity index (χ4v) is 5.76. The minimum absolute atomic E-state index is 0.0650. The van der Waals surface area contributed by atoms with E-state index in [1.165, 1.54) is 0 Å². The van der Waals surface area contributed by atoms with Gasteiger partial charge in [0, 0.05) is 17.4 Å². The Morgan fingerprint density at radius 3 is 2.60 bits per heavy atom. The first-order valence-corrected chi connectivity index (χ1v) is 14.2. The number of nitrogens with zero attached hydrogens (tertiary/aromatic N) is 5. The minimum Gasteiger partial charge on any atom is -0.472 e. The maximum Gasteiger partial charge on any atom is 0.434 e. The normalized spacial score (nSPS) is 18.8. The molecule has 10 nitrogen and oxygen atoms in total. The Labute approximate surface area is 239 Å². The summed E-state index contributed by atoms with van der Waals surface area (Å²) in [6.45, 7) is 3.67. The lowest BCUT2D eigenvalue weighted by atomic mass is 9.87. The number of aryl methyl sites for hydroxylation is 2. The van der Waals surface area contributed by atoms with E-state index in [1.807, 2.05) is 32.2 Å². The van der Waals surface area contributed by atoms with Crippen molar-refractivity contribution < 1.29 is 13.9 Å². The summed E-state index contributed by atoms with van der Waals surface area (Å²) in [5, 5.41) is 10.9. The smallest absolute Gasteiger partial charge is 0.434 e. The van der Waals surface area contributed by atoms with Gasteiger partial charge in [0.1, 0.15) is 11.9 Å². The van der Waals surface area contributed by atoms with E-state index in [1.54, 1.807) is 16.5 Å². The van der Waals surface area contributed by atoms with Crippen molar-refractivity contribution in [1.29, 1.82) is 0 Å². The number of aromatic nitrogens is 5. The number of pyridine rings is 1. The number of amides is 1. The molecule has 1 amide bonds. The summed E-state index contributed by atoms with van der Waals surface area (Å²) in [4.78, 5) is 31.3. The third-order valence-corrected chi connectivity index (χ3v) is 8.49. The fraction of sp³-hybridized carbons (Fsp3) is 0.414. The number of rotatable bonds is 6. The van der Waals surface area contributed by atoms with Crippen LogP contribution < -0.4 is 15.4 Å². The Morgan fingerprint density at radius 2 is 1.93 bits per heavy atom. The average molecular weight is 605 g/mol. The molecule has 2 fully saturated rings. The molecule has 11 heteroatoms. The molecule has 6 rings (SSSR count). The van der Waals surface area contributed by atoms with Gasteiger partial charge >= 0.3 is 11.7 Å². The molecule has 1 aromatic carbocycles. The van der Waals surface area contributed by atoms with E-state index in [0.717, 1.165) is 65.3 Å². The van der Waals surface area contributed by atoms with Crippen molar-refractivity contribution >= 4 is 44.4 Å². The number of anilines is 2. The van der Waals surface area contributed by atoms with Crippen LogP contribution in [0.25, 0.3) is 11.0 Å². The number of hydrogen-bond acceptors (Lipinski definition) is 7. The third-order valence-electron chi connectivity index (χ3n) is 7.64. The molecule has 0 atom stereocenters. The van der Waals surface area contributed by atoms with E-state index >= 15 is 0 Å². The lowest BCUT2D eigenvalue weighted by Crippen LogP contribution is -2.26. The summed E-state index contributed by atoms with van der Waals surface area (Å²) >= 11 is 3.66. The van der Waals surface area contributed by atoms with Crippen LogP contribution in [-0.2, 0) is 11.8 Å². The minimum atomic E-state index is -0.532. The van der Waals surface area contributed by atoms with Crippen LogP contribution in [0.1, 0.15) is 74.3 Å². The summed E-state index contributed by atoms with van der Waals surface area (Å²) in [6, 6.07) is 7.89. The number of nitrogens with one attached hydrogen (secondary N) is 1. The van der Waals surface area contributed by atoms with Crippen LogP contribution in [0.2, 0.25) is 0 Å². The monoisotopic (exact) mass is 604 g/mol. The standard InChI is InChI=1S/C29H29BrN6O4/c1-4-5-25(37)36(23-14-16(2)21(30)15-20(23)17-6-7-17)24-13-12-22-26(31-24)28(34-35(22)3)39-19-10-8-18(9-11-19)27-32-33-29(38)40-27/h12-15,17-19H,6-11H2,1-3H3,(H,33,38). The van der Waals surface area contributed by atoms with Gasteiger partial charge in [0.05, 0.1) is 11.2 Å². The van der Waals surface area contributed by atoms with Crippen LogP contribution in [0.4, 0.5) is 11.5 Å². The number of benzene rings is 1. The van der Waals surface area contributed by atoms with E-state index < -0.39 is 5.76 Å². The van der Waals surface area contributed by atoms with Crippen LogP contribution in [0.15, 0.2) is 37.9 Å². The molecule has 1 N–H and O–H groups in total. The second kappa shape index (κ2) is 10.6. The molecular weight excluding hydrogens is 576 g/mol. The van der Waals surface area contributed by atoms with Gasteiger partial charge in [-0.15, -0.1) is 10.2 Å². The van der Waals surface area contributed by atoms with Crippen molar-refractivity contribution in [3.05, 3.63) is 56.3 Å². The van der Waals surface area contributed by atoms with Crippen molar-refractivity contribution in [1.82, 2.24) is 25.0 Å². The molecule has 2 aliphatic rings. The Balaban J connectivity index is 1.33. The van der Waals surface area contributed by atoms with Gasteiger partial charge in [-0.1, -0.05) is 21.9 Å². The Kier molecular flexibility index (Phi) is 6.96. The zero-order chi connectivity index (χ0) is 28.0. The van der Waals surface area contributed by atoms with Crippen molar-refractivity contribution in [3.8, 4) is 17.7 Å². The first-order chi connectivity index (χ1) is 19.3. The summed E-state index contributed by atoms with van der Waals surface area (Å²) in [6.07, 6.45) is 5.21. The predicted octanol–water partition coefficient (Wildman–Crippen LogP) is 5.39. The molecule has 0 saturated heterocycles. The number of carbonyl (C=O) groups is 1. The number of fused-ring (bicyclic) bond motifs is 1. The van der Waals surface area contributed by atoms with Gasteiger partial charge in [0.25, 0.3) is 5.88 Å². The van der Waals surface area contributed by atoms with Crippen LogP contribution in [0.5, 0.6) is 5.88 Å². The number of halogens is 1. The van der Waals surface area contributed by atoms with Crippen molar-refractivity contribution in [2.24, 2.45) is 7.05 Å². The van der Waals surface area contributed by atoms with Crippen molar-refractivity contribution in [2.75, 3.05) is 4.90 Å². The molecule has 0 aliphatic heterocycles. The quantitative estimate of drug-likeness (QED) is 0.293. The van der Waals surface area contributed by atoms with E-state index in [0.29, 0.717) is 29.0 Å². The van der Waals surface area contributed by atoms with Gasteiger partial charge in [0.2, 0.25) is 5.89 Å². The molecule has 2 saturated carbocycles. The maximum atomic E-state index is 13.4. The molecule has 3 aromatic heterocycles. The fourth-order valence-electron chi connectivity index (χ4n) is 5.40. The molecule has 0 spiro atoms.